The maximum Gasteiger partial charge on any atom is 0.387 e. The number of anilines is 1. The first-order valence-corrected chi connectivity index (χ1v) is 10.1. The fourth-order valence-electron chi connectivity index (χ4n) is 2.43. The number of hydrogen-bond acceptors (Lipinski definition) is 4. The van der Waals surface area contributed by atoms with E-state index in [9.17, 15) is 22.0 Å². The number of ether oxygens (including phenoxy) is 1. The van der Waals surface area contributed by atoms with Crippen LogP contribution in [0.5, 0.6) is 5.75 Å². The van der Waals surface area contributed by atoms with Crippen LogP contribution in [0.25, 0.3) is 0 Å². The fraction of sp³-hybridized carbons (Fsp3) is 0.278. The van der Waals surface area contributed by atoms with Crippen LogP contribution in [-0.4, -0.2) is 27.3 Å². The molecule has 2 aromatic rings. The van der Waals surface area contributed by atoms with Gasteiger partial charge in [-0.05, 0) is 42.3 Å². The second-order valence-electron chi connectivity index (χ2n) is 6.04. The van der Waals surface area contributed by atoms with E-state index in [-0.39, 0.29) is 17.5 Å². The molecule has 2 aromatic carbocycles. The second-order valence-corrected chi connectivity index (χ2v) is 8.18. The molecule has 1 atom stereocenters. The van der Waals surface area contributed by atoms with Gasteiger partial charge in [0, 0.05) is 11.9 Å². The molecule has 0 aromatic heterocycles. The van der Waals surface area contributed by atoms with E-state index in [1.54, 1.807) is 43.3 Å². The maximum absolute atomic E-state index is 12.2. The van der Waals surface area contributed by atoms with Crippen molar-refractivity contribution >= 4 is 21.6 Å². The number of rotatable bonds is 7. The number of halogens is 2. The third-order valence-electron chi connectivity index (χ3n) is 3.57. The smallest absolute Gasteiger partial charge is 0.387 e. The molecule has 6 nitrogen and oxygen atoms in total. The van der Waals surface area contributed by atoms with E-state index >= 15 is 0 Å². The standard InChI is InChI=1S/C18H20F2N2O4S/c1-12(14-6-8-16(9-7-14)26-17(19)20)21-18(23)22-15-5-3-4-13(10-15)11-27(2,24)25/h3-10,12,17H,11H2,1-2H3,(H2,21,22,23). The molecule has 0 spiro atoms. The van der Waals surface area contributed by atoms with Crippen molar-refractivity contribution in [3.63, 3.8) is 0 Å². The highest BCUT2D eigenvalue weighted by molar-refractivity contribution is 7.89. The summed E-state index contributed by atoms with van der Waals surface area (Å²) in [5.41, 5.74) is 1.73. The molecule has 1 unspecified atom stereocenters. The van der Waals surface area contributed by atoms with Crippen molar-refractivity contribution in [2.75, 3.05) is 11.6 Å². The zero-order valence-electron chi connectivity index (χ0n) is 14.8. The minimum atomic E-state index is -3.17. The summed E-state index contributed by atoms with van der Waals surface area (Å²) in [5.74, 6) is -0.0822. The number of carbonyl (C=O) groups is 1. The van der Waals surface area contributed by atoms with E-state index in [0.717, 1.165) is 6.26 Å². The lowest BCUT2D eigenvalue weighted by atomic mass is 10.1. The Kier molecular flexibility index (Phi) is 6.73. The number of urea groups is 1. The number of alkyl halides is 2. The Labute approximate surface area is 156 Å². The van der Waals surface area contributed by atoms with Crippen molar-refractivity contribution < 1.29 is 26.7 Å². The quantitative estimate of drug-likeness (QED) is 0.745. The van der Waals surface area contributed by atoms with Gasteiger partial charge in [-0.25, -0.2) is 13.2 Å². The van der Waals surface area contributed by atoms with E-state index in [1.165, 1.54) is 12.1 Å². The predicted molar refractivity (Wildman–Crippen MR) is 98.6 cm³/mol. The molecule has 0 saturated heterocycles. The molecule has 27 heavy (non-hydrogen) atoms. The van der Waals surface area contributed by atoms with Crippen LogP contribution in [0.15, 0.2) is 48.5 Å². The molecule has 0 radical (unpaired) electrons. The first-order chi connectivity index (χ1) is 12.6. The summed E-state index contributed by atoms with van der Waals surface area (Å²) in [7, 11) is -3.17. The lowest BCUT2D eigenvalue weighted by Crippen LogP contribution is -2.31. The van der Waals surface area contributed by atoms with Crippen LogP contribution in [0, 0.1) is 0 Å². The average molecular weight is 398 g/mol. The summed E-state index contributed by atoms with van der Waals surface area (Å²) in [6.07, 6.45) is 1.14. The second kappa shape index (κ2) is 8.81. The first-order valence-electron chi connectivity index (χ1n) is 8.01. The van der Waals surface area contributed by atoms with Crippen molar-refractivity contribution in [1.82, 2.24) is 5.32 Å². The van der Waals surface area contributed by atoms with Crippen molar-refractivity contribution in [3.05, 3.63) is 59.7 Å². The summed E-state index contributed by atoms with van der Waals surface area (Å²) in [5, 5.41) is 5.35. The van der Waals surface area contributed by atoms with Gasteiger partial charge < -0.3 is 15.4 Å². The lowest BCUT2D eigenvalue weighted by molar-refractivity contribution is -0.0498. The first kappa shape index (κ1) is 20.6. The van der Waals surface area contributed by atoms with Gasteiger partial charge in [-0.2, -0.15) is 8.78 Å². The van der Waals surface area contributed by atoms with Crippen molar-refractivity contribution in [2.45, 2.75) is 25.3 Å². The topological polar surface area (TPSA) is 84.5 Å². The summed E-state index contributed by atoms with van der Waals surface area (Å²) < 4.78 is 51.3. The fourth-order valence-corrected chi connectivity index (χ4v) is 3.21. The molecule has 0 saturated carbocycles. The van der Waals surface area contributed by atoms with E-state index < -0.39 is 22.5 Å². The van der Waals surface area contributed by atoms with E-state index in [2.05, 4.69) is 15.4 Å². The summed E-state index contributed by atoms with van der Waals surface area (Å²) in [6, 6.07) is 11.6. The van der Waals surface area contributed by atoms with Crippen molar-refractivity contribution in [2.24, 2.45) is 0 Å². The molecule has 2 N–H and O–H groups in total. The van der Waals surface area contributed by atoms with Crippen LogP contribution in [-0.2, 0) is 15.6 Å². The highest BCUT2D eigenvalue weighted by Gasteiger charge is 2.12. The van der Waals surface area contributed by atoms with Crippen LogP contribution in [0.4, 0.5) is 19.3 Å². The Bertz CT molecular complexity index is 886. The molecular formula is C18H20F2N2O4S. The van der Waals surface area contributed by atoms with Gasteiger partial charge in [-0.15, -0.1) is 0 Å². The molecule has 2 amide bonds. The number of sulfone groups is 1. The van der Waals surface area contributed by atoms with Crippen LogP contribution in [0.1, 0.15) is 24.1 Å². The van der Waals surface area contributed by atoms with Gasteiger partial charge in [0.25, 0.3) is 0 Å². The zero-order valence-corrected chi connectivity index (χ0v) is 15.6. The molecule has 146 valence electrons. The van der Waals surface area contributed by atoms with Gasteiger partial charge >= 0.3 is 12.6 Å². The molecule has 0 aliphatic heterocycles. The van der Waals surface area contributed by atoms with Crippen molar-refractivity contribution in [1.29, 1.82) is 0 Å². The number of hydrogen-bond donors (Lipinski definition) is 2. The number of carbonyl (C=O) groups excluding carboxylic acids is 1. The number of benzene rings is 2. The van der Waals surface area contributed by atoms with Crippen molar-refractivity contribution in [3.8, 4) is 5.75 Å². The lowest BCUT2D eigenvalue weighted by Gasteiger charge is -2.16. The molecule has 0 fully saturated rings. The summed E-state index contributed by atoms with van der Waals surface area (Å²) in [6.45, 7) is -1.15. The normalized spacial score (nSPS) is 12.5. The Morgan fingerprint density at radius 3 is 2.41 bits per heavy atom. The van der Waals surface area contributed by atoms with Gasteiger partial charge in [0.1, 0.15) is 5.75 Å². The maximum atomic E-state index is 12.2. The van der Waals surface area contributed by atoms with E-state index in [4.69, 9.17) is 0 Å². The SMILES string of the molecule is CC(NC(=O)Nc1cccc(CS(C)(=O)=O)c1)c1ccc(OC(F)F)cc1. The van der Waals surface area contributed by atoms with Crippen LogP contribution in [0.3, 0.4) is 0 Å². The van der Waals surface area contributed by atoms with Gasteiger partial charge in [-0.3, -0.25) is 0 Å². The zero-order chi connectivity index (χ0) is 20.0. The molecule has 0 aliphatic rings. The van der Waals surface area contributed by atoms with Gasteiger partial charge in [0.15, 0.2) is 9.84 Å². The monoisotopic (exact) mass is 398 g/mol. The number of nitrogens with one attached hydrogen (secondary N) is 2. The predicted octanol–water partition coefficient (Wildman–Crippen LogP) is 3.72. The van der Waals surface area contributed by atoms with Crippen LogP contribution < -0.4 is 15.4 Å². The van der Waals surface area contributed by atoms with Gasteiger partial charge in [-0.1, -0.05) is 24.3 Å². The van der Waals surface area contributed by atoms with E-state index in [0.29, 0.717) is 16.8 Å². The van der Waals surface area contributed by atoms with Crippen LogP contribution >= 0.6 is 0 Å². The third-order valence-corrected chi connectivity index (χ3v) is 4.42. The largest absolute Gasteiger partial charge is 0.435 e. The van der Waals surface area contributed by atoms with Crippen LogP contribution in [0.2, 0.25) is 0 Å². The van der Waals surface area contributed by atoms with Gasteiger partial charge in [0.2, 0.25) is 0 Å². The minimum Gasteiger partial charge on any atom is -0.435 e. The Morgan fingerprint density at radius 1 is 1.15 bits per heavy atom. The molecule has 9 heteroatoms. The average Bonchev–Trinajstić information content (AvgIpc) is 2.53. The molecular weight excluding hydrogens is 378 g/mol. The number of amides is 2. The van der Waals surface area contributed by atoms with Gasteiger partial charge in [0.05, 0.1) is 11.8 Å². The molecule has 2 rings (SSSR count). The molecule has 0 heterocycles. The third kappa shape index (κ3) is 7.22. The minimum absolute atomic E-state index is 0.0353. The Morgan fingerprint density at radius 2 is 1.81 bits per heavy atom. The Hall–Kier alpha value is -2.68. The highest BCUT2D eigenvalue weighted by atomic mass is 32.2. The van der Waals surface area contributed by atoms with E-state index in [1.807, 2.05) is 0 Å². The molecule has 0 aliphatic carbocycles. The molecule has 0 bridgehead atoms. The summed E-state index contributed by atoms with van der Waals surface area (Å²) >= 11 is 0. The Balaban J connectivity index is 1.96. The summed E-state index contributed by atoms with van der Waals surface area (Å²) in [4.78, 5) is 12.1. The highest BCUT2D eigenvalue weighted by Crippen LogP contribution is 2.19.